The van der Waals surface area contributed by atoms with Gasteiger partial charge in [-0.15, -0.1) is 0 Å². The molecule has 0 unspecified atom stereocenters. The number of nitrogens with zero attached hydrogens (tertiary/aromatic N) is 2. The Bertz CT molecular complexity index is 232. The first-order chi connectivity index (χ1) is 12.8. The number of aliphatic hydroxyl groups is 4. The van der Waals surface area contributed by atoms with E-state index in [0.717, 1.165) is 25.9 Å². The third-order valence-corrected chi connectivity index (χ3v) is 4.86. The van der Waals surface area contributed by atoms with Crippen molar-refractivity contribution in [3.05, 3.63) is 0 Å². The zero-order valence-electron chi connectivity index (χ0n) is 16.8. The summed E-state index contributed by atoms with van der Waals surface area (Å²) in [6, 6.07) is 0. The fourth-order valence-corrected chi connectivity index (χ4v) is 3.32. The average molecular weight is 377 g/mol. The van der Waals surface area contributed by atoms with Crippen molar-refractivity contribution in [1.82, 2.24) is 9.80 Å². The molecule has 0 aliphatic carbocycles. The van der Waals surface area contributed by atoms with Crippen LogP contribution in [0.1, 0.15) is 64.2 Å². The summed E-state index contributed by atoms with van der Waals surface area (Å²) >= 11 is 0. The van der Waals surface area contributed by atoms with Crippen molar-refractivity contribution >= 4 is 0 Å². The summed E-state index contributed by atoms with van der Waals surface area (Å²) in [5.41, 5.74) is 0. The van der Waals surface area contributed by atoms with E-state index in [2.05, 4.69) is 9.80 Å². The summed E-state index contributed by atoms with van der Waals surface area (Å²) < 4.78 is 0. The lowest BCUT2D eigenvalue weighted by Gasteiger charge is -2.19. The number of rotatable bonds is 21. The molecular weight excluding hydrogens is 332 g/mol. The van der Waals surface area contributed by atoms with Gasteiger partial charge >= 0.3 is 0 Å². The highest BCUT2D eigenvalue weighted by atomic mass is 16.3. The summed E-state index contributed by atoms with van der Waals surface area (Å²) in [7, 11) is 0. The molecule has 0 bridgehead atoms. The lowest BCUT2D eigenvalue weighted by Crippen LogP contribution is -2.30. The molecule has 0 aliphatic rings. The topological polar surface area (TPSA) is 87.4 Å². The number of hydrogen-bond donors (Lipinski definition) is 4. The van der Waals surface area contributed by atoms with Gasteiger partial charge in [0.05, 0.1) is 26.4 Å². The molecule has 0 rings (SSSR count). The van der Waals surface area contributed by atoms with Crippen molar-refractivity contribution in [2.24, 2.45) is 0 Å². The van der Waals surface area contributed by atoms with E-state index in [0.29, 0.717) is 26.2 Å². The molecule has 0 aromatic heterocycles. The van der Waals surface area contributed by atoms with Crippen LogP contribution in [0.2, 0.25) is 0 Å². The monoisotopic (exact) mass is 376 g/mol. The van der Waals surface area contributed by atoms with Crippen LogP contribution in [0, 0.1) is 0 Å². The molecule has 0 amide bonds. The third kappa shape index (κ3) is 17.2. The predicted molar refractivity (Wildman–Crippen MR) is 107 cm³/mol. The van der Waals surface area contributed by atoms with Crippen molar-refractivity contribution in [2.75, 3.05) is 65.7 Å². The average Bonchev–Trinajstić information content (AvgIpc) is 2.63. The highest BCUT2D eigenvalue weighted by molar-refractivity contribution is 4.58. The SMILES string of the molecule is OCCN(CCO)CCCCCCCCCCCCN(CCO)CCO. The third-order valence-electron chi connectivity index (χ3n) is 4.86. The van der Waals surface area contributed by atoms with Crippen LogP contribution in [0.4, 0.5) is 0 Å². The Morgan fingerprint density at radius 3 is 0.769 bits per heavy atom. The molecule has 0 aromatic carbocycles. The molecule has 6 nitrogen and oxygen atoms in total. The highest BCUT2D eigenvalue weighted by Gasteiger charge is 2.03. The Morgan fingerprint density at radius 2 is 0.538 bits per heavy atom. The molecule has 0 fully saturated rings. The van der Waals surface area contributed by atoms with Crippen molar-refractivity contribution in [3.63, 3.8) is 0 Å². The van der Waals surface area contributed by atoms with E-state index >= 15 is 0 Å². The van der Waals surface area contributed by atoms with Gasteiger partial charge in [0.1, 0.15) is 0 Å². The molecule has 0 radical (unpaired) electrons. The molecule has 158 valence electrons. The van der Waals surface area contributed by atoms with Gasteiger partial charge in [0.25, 0.3) is 0 Å². The first-order valence-corrected chi connectivity index (χ1v) is 10.7. The zero-order valence-corrected chi connectivity index (χ0v) is 16.8. The molecular formula is C20H44N2O4. The number of aliphatic hydroxyl groups excluding tert-OH is 4. The van der Waals surface area contributed by atoms with Gasteiger partial charge in [0.15, 0.2) is 0 Å². The Balaban J connectivity index is 3.33. The minimum absolute atomic E-state index is 0.168. The Hall–Kier alpha value is -0.240. The van der Waals surface area contributed by atoms with Crippen LogP contribution >= 0.6 is 0 Å². The Labute approximate surface area is 160 Å². The fraction of sp³-hybridized carbons (Fsp3) is 1.00. The summed E-state index contributed by atoms with van der Waals surface area (Å²) in [4.78, 5) is 4.25. The second kappa shape index (κ2) is 21.1. The van der Waals surface area contributed by atoms with Crippen LogP contribution < -0.4 is 0 Å². The van der Waals surface area contributed by atoms with E-state index in [1.807, 2.05) is 0 Å². The smallest absolute Gasteiger partial charge is 0.0558 e. The number of hydrogen-bond acceptors (Lipinski definition) is 6. The molecule has 4 N–H and O–H groups in total. The minimum Gasteiger partial charge on any atom is -0.395 e. The maximum Gasteiger partial charge on any atom is 0.0558 e. The lowest BCUT2D eigenvalue weighted by atomic mass is 10.1. The lowest BCUT2D eigenvalue weighted by molar-refractivity contribution is 0.158. The highest BCUT2D eigenvalue weighted by Crippen LogP contribution is 2.11. The van der Waals surface area contributed by atoms with Gasteiger partial charge in [-0.05, 0) is 25.9 Å². The van der Waals surface area contributed by atoms with E-state index in [1.54, 1.807) is 0 Å². The standard InChI is InChI=1S/C20H44N2O4/c23-17-13-21(14-18-24)11-9-7-5-3-1-2-4-6-8-10-12-22(15-19-25)16-20-26/h23-26H,1-20H2. The molecule has 0 saturated heterocycles. The van der Waals surface area contributed by atoms with E-state index in [9.17, 15) is 0 Å². The van der Waals surface area contributed by atoms with Gasteiger partial charge in [-0.2, -0.15) is 0 Å². The van der Waals surface area contributed by atoms with Gasteiger partial charge in [0.2, 0.25) is 0 Å². The van der Waals surface area contributed by atoms with Crippen LogP contribution in [0.5, 0.6) is 0 Å². The molecule has 6 heteroatoms. The Kier molecular flexibility index (Phi) is 20.9. The van der Waals surface area contributed by atoms with E-state index < -0.39 is 0 Å². The molecule has 0 saturated carbocycles. The predicted octanol–water partition coefficient (Wildman–Crippen LogP) is 1.46. The Morgan fingerprint density at radius 1 is 0.308 bits per heavy atom. The van der Waals surface area contributed by atoms with Crippen molar-refractivity contribution in [2.45, 2.75) is 64.2 Å². The second-order valence-electron chi connectivity index (χ2n) is 7.11. The molecule has 0 spiro atoms. The fourth-order valence-electron chi connectivity index (χ4n) is 3.32. The maximum absolute atomic E-state index is 8.97. The summed E-state index contributed by atoms with van der Waals surface area (Å²) in [6.45, 7) is 5.28. The maximum atomic E-state index is 8.97. The largest absolute Gasteiger partial charge is 0.395 e. The van der Waals surface area contributed by atoms with Gasteiger partial charge in [-0.25, -0.2) is 0 Å². The molecule has 0 aliphatic heterocycles. The summed E-state index contributed by atoms with van der Waals surface area (Å²) in [5.74, 6) is 0. The summed E-state index contributed by atoms with van der Waals surface area (Å²) in [5, 5.41) is 35.9. The zero-order chi connectivity index (χ0) is 19.3. The molecule has 0 atom stereocenters. The van der Waals surface area contributed by atoms with Crippen LogP contribution in [-0.4, -0.2) is 95.9 Å². The molecule has 26 heavy (non-hydrogen) atoms. The first-order valence-electron chi connectivity index (χ1n) is 10.7. The van der Waals surface area contributed by atoms with E-state index in [4.69, 9.17) is 20.4 Å². The van der Waals surface area contributed by atoms with Gasteiger partial charge in [-0.3, -0.25) is 9.80 Å². The van der Waals surface area contributed by atoms with Crippen LogP contribution in [0.25, 0.3) is 0 Å². The molecule has 0 heterocycles. The number of unbranched alkanes of at least 4 members (excludes halogenated alkanes) is 9. The van der Waals surface area contributed by atoms with Crippen LogP contribution in [0.3, 0.4) is 0 Å². The van der Waals surface area contributed by atoms with Gasteiger partial charge in [0, 0.05) is 26.2 Å². The van der Waals surface area contributed by atoms with E-state index in [1.165, 1.54) is 51.4 Å². The van der Waals surface area contributed by atoms with Gasteiger partial charge in [-0.1, -0.05) is 51.4 Å². The van der Waals surface area contributed by atoms with Crippen molar-refractivity contribution < 1.29 is 20.4 Å². The van der Waals surface area contributed by atoms with Crippen LogP contribution in [-0.2, 0) is 0 Å². The van der Waals surface area contributed by atoms with Crippen molar-refractivity contribution in [1.29, 1.82) is 0 Å². The van der Waals surface area contributed by atoms with Crippen molar-refractivity contribution in [3.8, 4) is 0 Å². The van der Waals surface area contributed by atoms with Gasteiger partial charge < -0.3 is 20.4 Å². The second-order valence-corrected chi connectivity index (χ2v) is 7.11. The quantitative estimate of drug-likeness (QED) is 0.227. The summed E-state index contributed by atoms with van der Waals surface area (Å²) in [6.07, 6.45) is 12.6. The minimum atomic E-state index is 0.168. The van der Waals surface area contributed by atoms with E-state index in [-0.39, 0.29) is 26.4 Å². The normalized spacial score (nSPS) is 11.8. The van der Waals surface area contributed by atoms with Crippen LogP contribution in [0.15, 0.2) is 0 Å². The molecule has 0 aromatic rings. The first kappa shape index (κ1) is 25.8.